The van der Waals surface area contributed by atoms with Crippen molar-refractivity contribution < 1.29 is 9.53 Å². The molecule has 0 aliphatic heterocycles. The standard InChI is InChI=1S/C15H12Cl2O2/c1-10-2-4-11(5-3-10)9-19-15-13(16)6-12(8-18)7-14(15)17/h2-8H,9H2,1H3. The van der Waals surface area contributed by atoms with Crippen LogP contribution in [0.4, 0.5) is 0 Å². The van der Waals surface area contributed by atoms with E-state index in [1.54, 1.807) is 0 Å². The van der Waals surface area contributed by atoms with E-state index in [2.05, 4.69) is 0 Å². The van der Waals surface area contributed by atoms with Crippen LogP contribution < -0.4 is 4.74 Å². The third-order valence-electron chi connectivity index (χ3n) is 2.66. The number of carbonyl (C=O) groups excluding carboxylic acids is 1. The van der Waals surface area contributed by atoms with Gasteiger partial charge in [-0.15, -0.1) is 0 Å². The normalized spacial score (nSPS) is 10.3. The lowest BCUT2D eigenvalue weighted by atomic mass is 10.2. The van der Waals surface area contributed by atoms with Crippen LogP contribution in [0.5, 0.6) is 5.75 Å². The fraction of sp³-hybridized carbons (Fsp3) is 0.133. The molecule has 98 valence electrons. The SMILES string of the molecule is Cc1ccc(COc2c(Cl)cc(C=O)cc2Cl)cc1. The van der Waals surface area contributed by atoms with Crippen molar-refractivity contribution in [2.24, 2.45) is 0 Å². The Labute approximate surface area is 121 Å². The second-order valence-electron chi connectivity index (χ2n) is 4.21. The summed E-state index contributed by atoms with van der Waals surface area (Å²) in [6.45, 7) is 2.40. The molecule has 2 aromatic rings. The molecule has 0 spiro atoms. The Hall–Kier alpha value is -1.51. The van der Waals surface area contributed by atoms with Gasteiger partial charge in [0, 0.05) is 5.56 Å². The van der Waals surface area contributed by atoms with E-state index in [4.69, 9.17) is 27.9 Å². The van der Waals surface area contributed by atoms with Gasteiger partial charge in [0.25, 0.3) is 0 Å². The number of halogens is 2. The van der Waals surface area contributed by atoms with Crippen LogP contribution in [-0.2, 0) is 6.61 Å². The highest BCUT2D eigenvalue weighted by Gasteiger charge is 2.09. The molecule has 0 heterocycles. The molecule has 0 saturated carbocycles. The molecule has 2 nitrogen and oxygen atoms in total. The Morgan fingerprint density at radius 3 is 2.21 bits per heavy atom. The highest BCUT2D eigenvalue weighted by Crippen LogP contribution is 2.34. The Bertz CT molecular complexity index is 569. The molecule has 0 bridgehead atoms. The lowest BCUT2D eigenvalue weighted by Crippen LogP contribution is -1.97. The topological polar surface area (TPSA) is 26.3 Å². The summed E-state index contributed by atoms with van der Waals surface area (Å²) >= 11 is 12.1. The summed E-state index contributed by atoms with van der Waals surface area (Å²) in [6, 6.07) is 11.1. The van der Waals surface area contributed by atoms with E-state index in [-0.39, 0.29) is 0 Å². The van der Waals surface area contributed by atoms with E-state index in [1.807, 2.05) is 31.2 Å². The molecule has 0 aliphatic carbocycles. The summed E-state index contributed by atoms with van der Waals surface area (Å²) in [6.07, 6.45) is 0.696. The summed E-state index contributed by atoms with van der Waals surface area (Å²) in [4.78, 5) is 10.7. The summed E-state index contributed by atoms with van der Waals surface area (Å²) in [7, 11) is 0. The van der Waals surface area contributed by atoms with Crippen LogP contribution in [0.15, 0.2) is 36.4 Å². The number of hydrogen-bond acceptors (Lipinski definition) is 2. The monoisotopic (exact) mass is 294 g/mol. The number of aryl methyl sites for hydroxylation is 1. The average molecular weight is 295 g/mol. The van der Waals surface area contributed by atoms with E-state index in [9.17, 15) is 4.79 Å². The van der Waals surface area contributed by atoms with Crippen LogP contribution in [0, 0.1) is 6.92 Å². The number of ether oxygens (including phenoxy) is 1. The Balaban J connectivity index is 2.15. The molecule has 0 radical (unpaired) electrons. The van der Waals surface area contributed by atoms with Crippen molar-refractivity contribution in [1.29, 1.82) is 0 Å². The van der Waals surface area contributed by atoms with Gasteiger partial charge in [0.05, 0.1) is 10.0 Å². The molecule has 0 unspecified atom stereocenters. The number of hydrogen-bond donors (Lipinski definition) is 0. The molecule has 4 heteroatoms. The lowest BCUT2D eigenvalue weighted by Gasteiger charge is -2.10. The zero-order chi connectivity index (χ0) is 13.8. The van der Waals surface area contributed by atoms with Crippen molar-refractivity contribution in [1.82, 2.24) is 0 Å². The van der Waals surface area contributed by atoms with Gasteiger partial charge in [-0.1, -0.05) is 53.0 Å². The Morgan fingerprint density at radius 2 is 1.68 bits per heavy atom. The summed E-state index contributed by atoms with van der Waals surface area (Å²) < 4.78 is 5.61. The number of benzene rings is 2. The molecule has 19 heavy (non-hydrogen) atoms. The molecular formula is C15H12Cl2O2. The van der Waals surface area contributed by atoms with Crippen LogP contribution in [0.3, 0.4) is 0 Å². The van der Waals surface area contributed by atoms with Crippen LogP contribution >= 0.6 is 23.2 Å². The van der Waals surface area contributed by atoms with E-state index in [1.165, 1.54) is 17.7 Å². The minimum absolute atomic E-state index is 0.335. The third kappa shape index (κ3) is 3.49. The van der Waals surface area contributed by atoms with Crippen molar-refractivity contribution in [3.8, 4) is 5.75 Å². The first kappa shape index (κ1) is 13.9. The summed E-state index contributed by atoms with van der Waals surface area (Å²) in [5, 5.41) is 0.670. The second kappa shape index (κ2) is 6.09. The molecule has 0 amide bonds. The number of carbonyl (C=O) groups is 1. The van der Waals surface area contributed by atoms with E-state index >= 15 is 0 Å². The largest absolute Gasteiger partial charge is 0.486 e. The lowest BCUT2D eigenvalue weighted by molar-refractivity contribution is 0.112. The van der Waals surface area contributed by atoms with E-state index in [0.29, 0.717) is 34.3 Å². The minimum Gasteiger partial charge on any atom is -0.486 e. The van der Waals surface area contributed by atoms with Gasteiger partial charge >= 0.3 is 0 Å². The molecule has 0 N–H and O–H groups in total. The summed E-state index contributed by atoms with van der Waals surface area (Å²) in [5.41, 5.74) is 2.64. The maximum Gasteiger partial charge on any atom is 0.157 e. The van der Waals surface area contributed by atoms with Crippen LogP contribution in [0.2, 0.25) is 10.0 Å². The van der Waals surface area contributed by atoms with Crippen molar-refractivity contribution >= 4 is 29.5 Å². The third-order valence-corrected chi connectivity index (χ3v) is 3.22. The molecule has 0 fully saturated rings. The zero-order valence-corrected chi connectivity index (χ0v) is 11.8. The molecule has 0 aliphatic rings. The second-order valence-corrected chi connectivity index (χ2v) is 5.02. The highest BCUT2D eigenvalue weighted by molar-refractivity contribution is 6.37. The van der Waals surface area contributed by atoms with E-state index in [0.717, 1.165) is 5.56 Å². The minimum atomic E-state index is 0.335. The van der Waals surface area contributed by atoms with Gasteiger partial charge in [-0.05, 0) is 24.6 Å². The Morgan fingerprint density at radius 1 is 1.11 bits per heavy atom. The first-order chi connectivity index (χ1) is 9.10. The average Bonchev–Trinajstić information content (AvgIpc) is 2.39. The van der Waals surface area contributed by atoms with Crippen LogP contribution in [0.1, 0.15) is 21.5 Å². The van der Waals surface area contributed by atoms with Gasteiger partial charge in [0.15, 0.2) is 5.75 Å². The van der Waals surface area contributed by atoms with Gasteiger partial charge in [-0.2, -0.15) is 0 Å². The first-order valence-electron chi connectivity index (χ1n) is 5.72. The van der Waals surface area contributed by atoms with Gasteiger partial charge in [-0.3, -0.25) is 4.79 Å². The molecule has 0 atom stereocenters. The maximum absolute atomic E-state index is 10.7. The van der Waals surface area contributed by atoms with E-state index < -0.39 is 0 Å². The van der Waals surface area contributed by atoms with Gasteiger partial charge < -0.3 is 4.74 Å². The molecule has 0 saturated heterocycles. The predicted molar refractivity (Wildman–Crippen MR) is 77.4 cm³/mol. The van der Waals surface area contributed by atoms with Crippen molar-refractivity contribution in [3.63, 3.8) is 0 Å². The summed E-state index contributed by atoms with van der Waals surface area (Å²) in [5.74, 6) is 0.398. The number of aldehydes is 1. The molecule has 2 aromatic carbocycles. The highest BCUT2D eigenvalue weighted by atomic mass is 35.5. The quantitative estimate of drug-likeness (QED) is 0.765. The van der Waals surface area contributed by atoms with Gasteiger partial charge in [0.2, 0.25) is 0 Å². The zero-order valence-electron chi connectivity index (χ0n) is 10.3. The first-order valence-corrected chi connectivity index (χ1v) is 6.48. The fourth-order valence-electron chi connectivity index (χ4n) is 1.63. The van der Waals surface area contributed by atoms with Gasteiger partial charge in [-0.25, -0.2) is 0 Å². The smallest absolute Gasteiger partial charge is 0.157 e. The van der Waals surface area contributed by atoms with Crippen molar-refractivity contribution in [2.75, 3.05) is 0 Å². The fourth-order valence-corrected chi connectivity index (χ4v) is 2.24. The molecular weight excluding hydrogens is 283 g/mol. The Kier molecular flexibility index (Phi) is 4.46. The van der Waals surface area contributed by atoms with Gasteiger partial charge in [0.1, 0.15) is 12.9 Å². The molecule has 0 aromatic heterocycles. The van der Waals surface area contributed by atoms with Crippen LogP contribution in [-0.4, -0.2) is 6.29 Å². The maximum atomic E-state index is 10.7. The van der Waals surface area contributed by atoms with Crippen molar-refractivity contribution in [3.05, 3.63) is 63.1 Å². The predicted octanol–water partition coefficient (Wildman–Crippen LogP) is 4.69. The number of rotatable bonds is 4. The van der Waals surface area contributed by atoms with Crippen molar-refractivity contribution in [2.45, 2.75) is 13.5 Å². The molecule has 2 rings (SSSR count). The van der Waals surface area contributed by atoms with Crippen LogP contribution in [0.25, 0.3) is 0 Å².